The summed E-state index contributed by atoms with van der Waals surface area (Å²) in [7, 11) is 0. The minimum atomic E-state index is 0.578. The third kappa shape index (κ3) is 1.94. The highest BCUT2D eigenvalue weighted by atomic mass is 14.8. The maximum absolute atomic E-state index is 9.29. The van der Waals surface area contributed by atoms with Crippen molar-refractivity contribution in [1.82, 2.24) is 9.97 Å². The molecular weight excluding hydrogens is 320 g/mol. The zero-order valence-electron chi connectivity index (χ0n) is 13.6. The number of rotatable bonds is 0. The summed E-state index contributed by atoms with van der Waals surface area (Å²) >= 11 is 0. The summed E-state index contributed by atoms with van der Waals surface area (Å²) in [6, 6.07) is 23.3. The van der Waals surface area contributed by atoms with E-state index < -0.39 is 0 Å². The summed E-state index contributed by atoms with van der Waals surface area (Å²) in [6.07, 6.45) is 0. The van der Waals surface area contributed by atoms with Crippen LogP contribution in [-0.2, 0) is 0 Å². The van der Waals surface area contributed by atoms with Crippen molar-refractivity contribution in [3.05, 3.63) is 71.8 Å². The fourth-order valence-corrected chi connectivity index (χ4v) is 3.46. The molecule has 0 N–H and O–H groups in total. The zero-order valence-corrected chi connectivity index (χ0v) is 13.6. The average molecular weight is 330 g/mol. The highest BCUT2D eigenvalue weighted by molar-refractivity contribution is 6.24. The Balaban J connectivity index is 2.11. The molecular formula is C22H10N4. The van der Waals surface area contributed by atoms with Crippen LogP contribution in [0.4, 0.5) is 0 Å². The lowest BCUT2D eigenvalue weighted by Crippen LogP contribution is -1.92. The van der Waals surface area contributed by atoms with Crippen molar-refractivity contribution in [1.29, 1.82) is 10.5 Å². The van der Waals surface area contributed by atoms with Gasteiger partial charge < -0.3 is 0 Å². The van der Waals surface area contributed by atoms with Gasteiger partial charge >= 0.3 is 0 Å². The van der Waals surface area contributed by atoms with Crippen molar-refractivity contribution in [3.8, 4) is 12.1 Å². The van der Waals surface area contributed by atoms with E-state index >= 15 is 0 Å². The Morgan fingerprint density at radius 2 is 1.04 bits per heavy atom. The van der Waals surface area contributed by atoms with Crippen LogP contribution in [-0.4, -0.2) is 9.97 Å². The highest BCUT2D eigenvalue weighted by Crippen LogP contribution is 2.35. The molecule has 0 aliphatic rings. The van der Waals surface area contributed by atoms with Gasteiger partial charge in [-0.3, -0.25) is 0 Å². The van der Waals surface area contributed by atoms with Gasteiger partial charge in [-0.1, -0.05) is 24.3 Å². The zero-order chi connectivity index (χ0) is 17.7. The van der Waals surface area contributed by atoms with E-state index in [9.17, 15) is 10.5 Å². The lowest BCUT2D eigenvalue weighted by atomic mass is 9.96. The normalized spacial score (nSPS) is 11.0. The molecule has 26 heavy (non-hydrogen) atoms. The van der Waals surface area contributed by atoms with Crippen molar-refractivity contribution >= 4 is 43.6 Å². The number of hydrogen-bond donors (Lipinski definition) is 0. The number of hydrogen-bond acceptors (Lipinski definition) is 4. The van der Waals surface area contributed by atoms with Crippen LogP contribution < -0.4 is 0 Å². The van der Waals surface area contributed by atoms with Crippen LogP contribution in [0.15, 0.2) is 60.7 Å². The van der Waals surface area contributed by atoms with Gasteiger partial charge in [-0.05, 0) is 47.2 Å². The van der Waals surface area contributed by atoms with Crippen molar-refractivity contribution in [2.45, 2.75) is 0 Å². The largest absolute Gasteiger partial charge is 0.244 e. The van der Waals surface area contributed by atoms with Crippen LogP contribution in [0.2, 0.25) is 0 Å². The Morgan fingerprint density at radius 1 is 0.577 bits per heavy atom. The smallest absolute Gasteiger partial charge is 0.0991 e. The highest BCUT2D eigenvalue weighted by Gasteiger charge is 2.13. The van der Waals surface area contributed by atoms with Gasteiger partial charge in [0.2, 0.25) is 0 Å². The summed E-state index contributed by atoms with van der Waals surface area (Å²) in [6.45, 7) is 0. The summed E-state index contributed by atoms with van der Waals surface area (Å²) in [5.41, 5.74) is 4.43. The maximum Gasteiger partial charge on any atom is 0.0991 e. The Bertz CT molecular complexity index is 1340. The van der Waals surface area contributed by atoms with E-state index in [0.29, 0.717) is 11.1 Å². The van der Waals surface area contributed by atoms with E-state index in [1.165, 1.54) is 0 Å². The Kier molecular flexibility index (Phi) is 2.89. The van der Waals surface area contributed by atoms with Gasteiger partial charge in [0.05, 0.1) is 45.3 Å². The van der Waals surface area contributed by atoms with Crippen molar-refractivity contribution in [2.75, 3.05) is 0 Å². The van der Waals surface area contributed by atoms with Crippen LogP contribution in [0.3, 0.4) is 0 Å². The van der Waals surface area contributed by atoms with E-state index in [1.807, 2.05) is 48.5 Å². The van der Waals surface area contributed by atoms with E-state index in [0.717, 1.165) is 43.6 Å². The van der Waals surface area contributed by atoms with Crippen LogP contribution in [0.5, 0.6) is 0 Å². The monoisotopic (exact) mass is 330 g/mol. The van der Waals surface area contributed by atoms with E-state index in [4.69, 9.17) is 9.97 Å². The molecule has 5 rings (SSSR count). The number of aromatic nitrogens is 2. The van der Waals surface area contributed by atoms with E-state index in [2.05, 4.69) is 12.1 Å². The molecule has 0 saturated carbocycles. The van der Waals surface area contributed by atoms with E-state index in [-0.39, 0.29) is 0 Å². The summed E-state index contributed by atoms with van der Waals surface area (Å²) < 4.78 is 0. The molecule has 0 spiro atoms. The molecule has 1 aromatic heterocycles. The molecule has 0 aliphatic carbocycles. The summed E-state index contributed by atoms with van der Waals surface area (Å²) in [4.78, 5) is 9.69. The SMILES string of the molecule is N#Cc1ccc2c(c1)c1cc(C#N)ccc1c1nc3ccccc3nc21. The average Bonchev–Trinajstić information content (AvgIpc) is 2.71. The first-order valence-corrected chi connectivity index (χ1v) is 8.15. The van der Waals surface area contributed by atoms with Crippen LogP contribution >= 0.6 is 0 Å². The number of para-hydroxylation sites is 2. The molecule has 0 fully saturated rings. The van der Waals surface area contributed by atoms with Crippen molar-refractivity contribution < 1.29 is 0 Å². The van der Waals surface area contributed by atoms with Gasteiger partial charge in [-0.25, -0.2) is 9.97 Å². The second kappa shape index (κ2) is 5.24. The quantitative estimate of drug-likeness (QED) is 0.301. The lowest BCUT2D eigenvalue weighted by molar-refractivity contribution is 1.41. The molecule has 0 bridgehead atoms. The minimum Gasteiger partial charge on any atom is -0.244 e. The van der Waals surface area contributed by atoms with Gasteiger partial charge in [0.25, 0.3) is 0 Å². The van der Waals surface area contributed by atoms with Crippen molar-refractivity contribution in [2.24, 2.45) is 0 Å². The van der Waals surface area contributed by atoms with Crippen LogP contribution in [0.25, 0.3) is 43.6 Å². The third-order valence-corrected chi connectivity index (χ3v) is 4.67. The Labute approximate surface area is 148 Å². The second-order valence-electron chi connectivity index (χ2n) is 6.15. The fraction of sp³-hybridized carbons (Fsp3) is 0. The number of nitrogens with zero attached hydrogens (tertiary/aromatic N) is 4. The number of fused-ring (bicyclic) bond motifs is 7. The first-order chi connectivity index (χ1) is 12.8. The second-order valence-corrected chi connectivity index (χ2v) is 6.15. The van der Waals surface area contributed by atoms with Gasteiger partial charge in [0.15, 0.2) is 0 Å². The standard InChI is InChI=1S/C22H10N4/c23-11-13-5-7-15-17(9-13)18-10-14(12-24)6-8-16(18)22-21(15)25-19-3-1-2-4-20(19)26-22/h1-10H. The first kappa shape index (κ1) is 14.3. The minimum absolute atomic E-state index is 0.578. The molecule has 5 aromatic rings. The van der Waals surface area contributed by atoms with E-state index in [1.54, 1.807) is 12.1 Å². The molecule has 0 atom stereocenters. The molecule has 4 aromatic carbocycles. The van der Waals surface area contributed by atoms with Crippen LogP contribution in [0, 0.1) is 22.7 Å². The Hall–Kier alpha value is -4.02. The molecule has 1 heterocycles. The first-order valence-electron chi connectivity index (χ1n) is 8.15. The van der Waals surface area contributed by atoms with Gasteiger partial charge in [-0.2, -0.15) is 10.5 Å². The fourth-order valence-electron chi connectivity index (χ4n) is 3.46. The van der Waals surface area contributed by atoms with Crippen LogP contribution in [0.1, 0.15) is 11.1 Å². The number of nitriles is 2. The lowest BCUT2D eigenvalue weighted by Gasteiger charge is -2.10. The van der Waals surface area contributed by atoms with Gasteiger partial charge in [0, 0.05) is 10.8 Å². The topological polar surface area (TPSA) is 73.4 Å². The van der Waals surface area contributed by atoms with Gasteiger partial charge in [0.1, 0.15) is 0 Å². The molecule has 0 unspecified atom stereocenters. The molecule has 4 heteroatoms. The summed E-state index contributed by atoms with van der Waals surface area (Å²) in [5.74, 6) is 0. The predicted molar refractivity (Wildman–Crippen MR) is 101 cm³/mol. The Morgan fingerprint density at radius 3 is 1.46 bits per heavy atom. The molecule has 4 nitrogen and oxygen atoms in total. The maximum atomic E-state index is 9.29. The summed E-state index contributed by atoms with van der Waals surface area (Å²) in [5, 5.41) is 22.3. The third-order valence-electron chi connectivity index (χ3n) is 4.67. The molecule has 0 radical (unpaired) electrons. The molecule has 118 valence electrons. The number of benzene rings is 4. The molecule has 0 amide bonds. The van der Waals surface area contributed by atoms with Gasteiger partial charge in [-0.15, -0.1) is 0 Å². The molecule has 0 aliphatic heterocycles. The molecule has 0 saturated heterocycles. The predicted octanol–water partition coefficient (Wildman–Crippen LogP) is 4.83. The van der Waals surface area contributed by atoms with Crippen molar-refractivity contribution in [3.63, 3.8) is 0 Å².